The molecule has 6 N–H and O–H groups in total. The average Bonchev–Trinajstić information content (AvgIpc) is 2.07. The first-order valence-corrected chi connectivity index (χ1v) is 6.77. The predicted molar refractivity (Wildman–Crippen MR) is 52.0 cm³/mol. The number of hydrogen-bond donors (Lipinski definition) is 4. The minimum absolute atomic E-state index is 0. The first kappa shape index (κ1) is 20.5. The van der Waals surface area contributed by atoms with Crippen LogP contribution in [-0.4, -0.2) is 71.2 Å². The van der Waals surface area contributed by atoms with E-state index in [-0.39, 0.29) is 5.48 Å². The SMILES string of the molecule is CO[Si](OC)(OC)OC.O.O[Si](O)(O)O. The van der Waals surface area contributed by atoms with E-state index in [4.69, 9.17) is 36.9 Å². The molecule has 0 aromatic heterocycles. The van der Waals surface area contributed by atoms with E-state index in [1.807, 2.05) is 0 Å². The Labute approximate surface area is 89.7 Å². The van der Waals surface area contributed by atoms with Crippen LogP contribution < -0.4 is 0 Å². The van der Waals surface area contributed by atoms with Crippen molar-refractivity contribution in [3.05, 3.63) is 0 Å². The summed E-state index contributed by atoms with van der Waals surface area (Å²) in [6.45, 7) is 0. The average molecular weight is 266 g/mol. The van der Waals surface area contributed by atoms with E-state index >= 15 is 0 Å². The molecular weight excluding hydrogens is 248 g/mol. The maximum absolute atomic E-state index is 7.33. The maximum Gasteiger partial charge on any atom is 0.678 e. The molecular formula is C4H18O9Si2. The molecule has 0 heterocycles. The van der Waals surface area contributed by atoms with E-state index in [2.05, 4.69) is 0 Å². The fourth-order valence-corrected chi connectivity index (χ4v) is 1.50. The summed E-state index contributed by atoms with van der Waals surface area (Å²) in [5, 5.41) is 0. The Kier molecular flexibility index (Phi) is 12.7. The zero-order chi connectivity index (χ0) is 11.8. The van der Waals surface area contributed by atoms with Crippen molar-refractivity contribution in [1.82, 2.24) is 0 Å². The molecule has 0 saturated carbocycles. The molecule has 0 atom stereocenters. The van der Waals surface area contributed by atoms with Crippen LogP contribution >= 0.6 is 0 Å². The molecule has 0 radical (unpaired) electrons. The van der Waals surface area contributed by atoms with Gasteiger partial charge in [0, 0.05) is 28.4 Å². The fraction of sp³-hybridized carbons (Fsp3) is 1.00. The van der Waals surface area contributed by atoms with E-state index in [0.717, 1.165) is 0 Å². The fourth-order valence-electron chi connectivity index (χ4n) is 0.500. The highest BCUT2D eigenvalue weighted by molar-refractivity contribution is 6.53. The Bertz CT molecular complexity index is 109. The van der Waals surface area contributed by atoms with Crippen molar-refractivity contribution in [2.45, 2.75) is 0 Å². The molecule has 0 aliphatic rings. The number of rotatable bonds is 4. The van der Waals surface area contributed by atoms with Gasteiger partial charge in [-0.2, -0.15) is 0 Å². The highest BCUT2D eigenvalue weighted by atomic mass is 28.4. The van der Waals surface area contributed by atoms with Gasteiger partial charge in [-0.25, -0.2) is 0 Å². The minimum atomic E-state index is -4.61. The van der Waals surface area contributed by atoms with Gasteiger partial charge in [-0.05, 0) is 0 Å². The maximum atomic E-state index is 7.33. The largest absolute Gasteiger partial charge is 0.678 e. The van der Waals surface area contributed by atoms with Crippen molar-refractivity contribution in [1.29, 1.82) is 0 Å². The lowest BCUT2D eigenvalue weighted by Crippen LogP contribution is -2.45. The molecule has 0 fully saturated rings. The molecule has 15 heavy (non-hydrogen) atoms. The van der Waals surface area contributed by atoms with Crippen LogP contribution in [0.3, 0.4) is 0 Å². The third-order valence-corrected chi connectivity index (χ3v) is 3.00. The van der Waals surface area contributed by atoms with Gasteiger partial charge in [-0.3, -0.25) is 0 Å². The van der Waals surface area contributed by atoms with Crippen LogP contribution in [0.25, 0.3) is 0 Å². The van der Waals surface area contributed by atoms with Crippen LogP contribution in [0.15, 0.2) is 0 Å². The summed E-state index contributed by atoms with van der Waals surface area (Å²) in [7, 11) is -1.35. The summed E-state index contributed by atoms with van der Waals surface area (Å²) in [6, 6.07) is 0. The van der Waals surface area contributed by atoms with Gasteiger partial charge in [0.15, 0.2) is 0 Å². The van der Waals surface area contributed by atoms with Crippen molar-refractivity contribution in [3.63, 3.8) is 0 Å². The van der Waals surface area contributed by atoms with Crippen LogP contribution in [-0.2, 0) is 17.7 Å². The first-order valence-electron chi connectivity index (χ1n) is 3.34. The standard InChI is InChI=1S/C4H12O4Si.H4O4Si.H2O/c1-5-9(6-2,7-3)8-4;1-5(2,3)4;/h1-4H3;1-4H;1H2. The van der Waals surface area contributed by atoms with E-state index in [1.165, 1.54) is 28.4 Å². The van der Waals surface area contributed by atoms with Crippen LogP contribution in [0.1, 0.15) is 0 Å². The molecule has 96 valence electrons. The zero-order valence-corrected chi connectivity index (χ0v) is 10.9. The van der Waals surface area contributed by atoms with Gasteiger partial charge in [0.25, 0.3) is 0 Å². The Morgan fingerprint density at radius 2 is 0.800 bits per heavy atom. The Hall–Kier alpha value is 0.0738. The van der Waals surface area contributed by atoms with Crippen LogP contribution in [0.5, 0.6) is 0 Å². The highest BCUT2D eigenvalue weighted by Crippen LogP contribution is 2.04. The van der Waals surface area contributed by atoms with Crippen LogP contribution in [0.2, 0.25) is 0 Å². The summed E-state index contributed by atoms with van der Waals surface area (Å²) in [4.78, 5) is 29.3. The van der Waals surface area contributed by atoms with Gasteiger partial charge in [-0.1, -0.05) is 0 Å². The molecule has 11 heteroatoms. The summed E-state index contributed by atoms with van der Waals surface area (Å²) < 4.78 is 19.4. The number of hydrogen-bond acceptors (Lipinski definition) is 8. The van der Waals surface area contributed by atoms with E-state index < -0.39 is 18.1 Å². The molecule has 0 aliphatic heterocycles. The Morgan fingerprint density at radius 1 is 0.667 bits per heavy atom. The highest BCUT2D eigenvalue weighted by Gasteiger charge is 2.40. The Balaban J connectivity index is -0.000000208. The third-order valence-electron chi connectivity index (χ3n) is 1.00. The summed E-state index contributed by atoms with van der Waals surface area (Å²) in [6.07, 6.45) is 0. The van der Waals surface area contributed by atoms with Gasteiger partial charge in [-0.15, -0.1) is 0 Å². The molecule has 0 unspecified atom stereocenters. The van der Waals surface area contributed by atoms with E-state index in [0.29, 0.717) is 0 Å². The molecule has 0 saturated heterocycles. The lowest BCUT2D eigenvalue weighted by atomic mass is 11.8. The van der Waals surface area contributed by atoms with Crippen molar-refractivity contribution in [2.24, 2.45) is 0 Å². The summed E-state index contributed by atoms with van der Waals surface area (Å²) in [5.41, 5.74) is 0. The van der Waals surface area contributed by atoms with Crippen molar-refractivity contribution < 1.29 is 42.4 Å². The smallest absolute Gasteiger partial charge is 0.412 e. The summed E-state index contributed by atoms with van der Waals surface area (Å²) in [5.74, 6) is 0. The lowest BCUT2D eigenvalue weighted by Gasteiger charge is -2.19. The molecule has 0 aromatic carbocycles. The van der Waals surface area contributed by atoms with Crippen LogP contribution in [0.4, 0.5) is 0 Å². The summed E-state index contributed by atoms with van der Waals surface area (Å²) >= 11 is 0. The molecule has 0 amide bonds. The van der Waals surface area contributed by atoms with Gasteiger partial charge in [0.05, 0.1) is 0 Å². The van der Waals surface area contributed by atoms with E-state index in [9.17, 15) is 0 Å². The molecule has 0 bridgehead atoms. The van der Waals surface area contributed by atoms with E-state index in [1.54, 1.807) is 0 Å². The topological polar surface area (TPSA) is 149 Å². The third kappa shape index (κ3) is 14.1. The molecule has 9 nitrogen and oxygen atoms in total. The Morgan fingerprint density at radius 3 is 0.800 bits per heavy atom. The minimum Gasteiger partial charge on any atom is -0.412 e. The second-order valence-electron chi connectivity index (χ2n) is 1.92. The normalized spacial score (nSPS) is 11.2. The van der Waals surface area contributed by atoms with Gasteiger partial charge < -0.3 is 42.4 Å². The van der Waals surface area contributed by atoms with Gasteiger partial charge >= 0.3 is 18.1 Å². The lowest BCUT2D eigenvalue weighted by molar-refractivity contribution is 0.0225. The molecule has 0 rings (SSSR count). The monoisotopic (exact) mass is 266 g/mol. The zero-order valence-electron chi connectivity index (χ0n) is 8.92. The quantitative estimate of drug-likeness (QED) is 0.384. The second kappa shape index (κ2) is 9.31. The molecule has 0 aliphatic carbocycles. The van der Waals surface area contributed by atoms with Gasteiger partial charge in [0.1, 0.15) is 0 Å². The second-order valence-corrected chi connectivity index (χ2v) is 5.75. The van der Waals surface area contributed by atoms with Crippen LogP contribution in [0, 0.1) is 0 Å². The predicted octanol–water partition coefficient (Wildman–Crippen LogP) is -3.43. The van der Waals surface area contributed by atoms with Crippen molar-refractivity contribution in [2.75, 3.05) is 28.4 Å². The molecule has 0 aromatic rings. The van der Waals surface area contributed by atoms with Crippen molar-refractivity contribution >= 4 is 18.1 Å². The molecule has 0 spiro atoms. The first-order chi connectivity index (χ1) is 6.24. The van der Waals surface area contributed by atoms with Crippen molar-refractivity contribution in [3.8, 4) is 0 Å². The van der Waals surface area contributed by atoms with Gasteiger partial charge in [0.2, 0.25) is 0 Å².